The highest BCUT2D eigenvalue weighted by atomic mass is 32.2. The lowest BCUT2D eigenvalue weighted by Gasteiger charge is -2.34. The van der Waals surface area contributed by atoms with E-state index in [4.69, 9.17) is 5.10 Å². The summed E-state index contributed by atoms with van der Waals surface area (Å²) in [7, 11) is 0. The van der Waals surface area contributed by atoms with Gasteiger partial charge in [-0.3, -0.25) is 0 Å². The van der Waals surface area contributed by atoms with E-state index in [-0.39, 0.29) is 33.6 Å². The normalized spacial score (nSPS) is 16.7. The molecule has 0 amide bonds. The lowest BCUT2D eigenvalue weighted by atomic mass is 9.80. The standard InChI is InChI=1S/C23H27N3S.C23H33N3.2C22H24FN3.C17H23N3.C16H21N3/c1-2-27-23(19-13-7-5-8-14-19,20-15-9-6-10-16-20)22-25-24-21-17-11-3-4-12-18-26(21)22;1-23(2,22-25-24-21-12-8-3-4-9-17-26(21)22)20-15-13-19(14-16-20)18-10-6-5-7-11-18;2*1-16(22-25-24-21-11-7-2-3-8-14-26(21)22)18-12-13-19(20(23)15-18)17-9-5-4-6-10-17;1-2-15(14-10-6-5-7-11-14)17-19-18-16-12-8-3-4-9-13-20(16)17;1-13(14-9-5-4-6-10-14)16-18-17-15-11-7-2-3-8-12-19(15)16/h5-10,13-16H,2-4,11-12,17-18H2,1H3;13-16,18H,3-12,17H2,1-2H3;2*4-6,9-10,12-13,15-16H,2-3,7-8,11,14H2,1H3;5-7,10-11,15H,2-4,8-9,12-13H2,1H3;4-6,9-10,13H,2-3,7-8,11-12H2,1H3/t;;16-;;15-;13-/m..0.00/s1. The van der Waals surface area contributed by atoms with Crippen molar-refractivity contribution < 1.29 is 8.78 Å². The summed E-state index contributed by atoms with van der Waals surface area (Å²) in [6.45, 7) is 21.7. The first-order valence-electron chi connectivity index (χ1n) is 54.9. The van der Waals surface area contributed by atoms with Crippen molar-refractivity contribution in [1.29, 1.82) is 0 Å². The van der Waals surface area contributed by atoms with E-state index in [9.17, 15) is 8.78 Å². The third-order valence-corrected chi connectivity index (χ3v) is 32.5. The summed E-state index contributed by atoms with van der Waals surface area (Å²) in [5.41, 5.74) is 13.0. The van der Waals surface area contributed by atoms with E-state index < -0.39 is 0 Å². The van der Waals surface area contributed by atoms with Crippen molar-refractivity contribution in [1.82, 2.24) is 88.6 Å². The van der Waals surface area contributed by atoms with E-state index in [2.05, 4.69) is 278 Å². The Morgan fingerprint density at radius 3 is 0.972 bits per heavy atom. The van der Waals surface area contributed by atoms with Gasteiger partial charge in [0.1, 0.15) is 80.4 Å². The molecule has 15 aromatic rings. The molecule has 21 heteroatoms. The molecule has 0 spiro atoms. The van der Waals surface area contributed by atoms with Gasteiger partial charge in [0.2, 0.25) is 0 Å². The minimum absolute atomic E-state index is 0.0231. The van der Waals surface area contributed by atoms with Gasteiger partial charge in [0, 0.05) is 118 Å². The Kier molecular flexibility index (Phi) is 37.1. The SMILES string of the molecule is CC(C)(c1ccc(C2CCCCC2)cc1)c1nnc2n1CCCCCC2.CC(c1ccc(-c2ccccc2)c(F)c1)c1nnc2n1CCCCCC2.CCSC(c1ccccc1)(c1ccccc1)c1nnc2n1CCCCCC2.CC[C@@H](c1ccccc1)c1nnc2n1CCCCCC2.C[C@@H](c1ccc(-c2ccccc2)c(F)c1)c1nnc2n1CCCCCC2.C[C@@H](c1ccccc1)c1nnc2n1CCCCCC2. The Morgan fingerprint density at radius 2 is 0.597 bits per heavy atom. The van der Waals surface area contributed by atoms with E-state index in [1.54, 1.807) is 12.1 Å². The van der Waals surface area contributed by atoms with E-state index >= 15 is 0 Å². The molecule has 4 atom stereocenters. The number of aryl methyl sites for hydroxylation is 6. The van der Waals surface area contributed by atoms with Gasteiger partial charge in [-0.1, -0.05) is 361 Å². The number of benzene rings is 9. The molecule has 1 aliphatic carbocycles. The zero-order valence-corrected chi connectivity index (χ0v) is 87.4. The molecule has 0 N–H and O–H groups in total. The molecule has 0 saturated heterocycles. The predicted octanol–water partition coefficient (Wildman–Crippen LogP) is 29.4. The second-order valence-corrected chi connectivity index (χ2v) is 42.7. The predicted molar refractivity (Wildman–Crippen MR) is 580 cm³/mol. The van der Waals surface area contributed by atoms with Crippen molar-refractivity contribution >= 4 is 11.8 Å². The third-order valence-electron chi connectivity index (χ3n) is 31.1. The van der Waals surface area contributed by atoms with Gasteiger partial charge in [0.05, 0.1) is 0 Å². The maximum absolute atomic E-state index is 14.8. The third kappa shape index (κ3) is 25.4. The zero-order valence-electron chi connectivity index (χ0n) is 86.6. The van der Waals surface area contributed by atoms with Crippen molar-refractivity contribution in [3.63, 3.8) is 0 Å². The van der Waals surface area contributed by atoms with Crippen molar-refractivity contribution in [2.24, 2.45) is 0 Å². The van der Waals surface area contributed by atoms with Crippen LogP contribution in [0.3, 0.4) is 0 Å². The van der Waals surface area contributed by atoms with Gasteiger partial charge in [-0.25, -0.2) is 8.78 Å². The minimum Gasteiger partial charge on any atom is -0.314 e. The lowest BCUT2D eigenvalue weighted by Crippen LogP contribution is -2.31. The van der Waals surface area contributed by atoms with Crippen LogP contribution in [0.25, 0.3) is 22.3 Å². The molecule has 12 heterocycles. The van der Waals surface area contributed by atoms with Gasteiger partial charge in [-0.15, -0.1) is 72.9 Å². The Balaban J connectivity index is 0.000000119. The number of thioether (sulfide) groups is 1. The smallest absolute Gasteiger partial charge is 0.158 e. The molecule has 22 rings (SSSR count). The number of hydrogen-bond acceptors (Lipinski definition) is 13. The van der Waals surface area contributed by atoms with Gasteiger partial charge < -0.3 is 27.4 Å². The topological polar surface area (TPSA) is 184 Å². The minimum atomic E-state index is -0.332. The molecule has 754 valence electrons. The second kappa shape index (κ2) is 51.7. The maximum Gasteiger partial charge on any atom is 0.158 e. The number of halogens is 2. The summed E-state index contributed by atoms with van der Waals surface area (Å²) in [5.74, 6) is 15.4. The molecule has 6 aliphatic heterocycles. The van der Waals surface area contributed by atoms with Crippen LogP contribution in [0.1, 0.15) is 385 Å². The largest absolute Gasteiger partial charge is 0.314 e. The molecule has 1 fully saturated rings. The van der Waals surface area contributed by atoms with Gasteiger partial charge in [-0.05, 0) is 190 Å². The molecule has 144 heavy (non-hydrogen) atoms. The number of fused-ring (bicyclic) bond motifs is 6. The maximum atomic E-state index is 14.8. The number of rotatable bonds is 19. The molecular weight excluding hydrogens is 1800 g/mol. The van der Waals surface area contributed by atoms with Crippen LogP contribution in [0.15, 0.2) is 243 Å². The Hall–Kier alpha value is -12.0. The molecule has 1 unspecified atom stereocenters. The molecule has 0 bridgehead atoms. The van der Waals surface area contributed by atoms with Gasteiger partial charge >= 0.3 is 0 Å². The lowest BCUT2D eigenvalue weighted by molar-refractivity contribution is 0.443. The van der Waals surface area contributed by atoms with Crippen LogP contribution in [0.2, 0.25) is 0 Å². The van der Waals surface area contributed by atoms with Crippen LogP contribution >= 0.6 is 11.8 Å². The van der Waals surface area contributed by atoms with Crippen LogP contribution in [0.5, 0.6) is 0 Å². The van der Waals surface area contributed by atoms with E-state index in [1.807, 2.05) is 96.7 Å². The summed E-state index contributed by atoms with van der Waals surface area (Å²) in [5, 5.41) is 54.3. The van der Waals surface area contributed by atoms with E-state index in [1.165, 1.54) is 224 Å². The fourth-order valence-corrected chi connectivity index (χ4v) is 24.0. The van der Waals surface area contributed by atoms with Crippen molar-refractivity contribution in [3.8, 4) is 22.3 Å². The van der Waals surface area contributed by atoms with Crippen LogP contribution in [-0.2, 0) is 88.0 Å². The first-order chi connectivity index (χ1) is 70.8. The van der Waals surface area contributed by atoms with Crippen molar-refractivity contribution in [3.05, 3.63) is 369 Å². The zero-order chi connectivity index (χ0) is 99.2. The monoisotopic (exact) mass is 1950 g/mol. The molecule has 1 saturated carbocycles. The summed E-state index contributed by atoms with van der Waals surface area (Å²) in [6, 6.07) is 82.8. The van der Waals surface area contributed by atoms with Gasteiger partial charge in [-0.2, -0.15) is 0 Å². The molecule has 18 nitrogen and oxygen atoms in total. The van der Waals surface area contributed by atoms with Crippen LogP contribution < -0.4 is 0 Å². The molecular formula is C123H152F2N18S. The quantitative estimate of drug-likeness (QED) is 0.0746. The highest BCUT2D eigenvalue weighted by molar-refractivity contribution is 8.00. The summed E-state index contributed by atoms with van der Waals surface area (Å²) >= 11 is 1.95. The summed E-state index contributed by atoms with van der Waals surface area (Å²) in [4.78, 5) is 0. The Morgan fingerprint density at radius 1 is 0.292 bits per heavy atom. The molecule has 9 aromatic carbocycles. The van der Waals surface area contributed by atoms with E-state index in [0.717, 1.165) is 183 Å². The second-order valence-electron chi connectivity index (χ2n) is 41.3. The van der Waals surface area contributed by atoms with Gasteiger partial charge in [0.15, 0.2) is 5.82 Å². The number of nitrogens with zero attached hydrogens (tertiary/aromatic N) is 18. The average Bonchev–Trinajstić information content (AvgIpc) is 1.54. The van der Waals surface area contributed by atoms with E-state index in [0.29, 0.717) is 23.0 Å². The fraction of sp³-hybridized carbons (Fsp3) is 0.463. The first kappa shape index (κ1) is 103. The van der Waals surface area contributed by atoms with Crippen molar-refractivity contribution in [2.75, 3.05) is 5.75 Å². The van der Waals surface area contributed by atoms with Gasteiger partial charge in [0.25, 0.3) is 0 Å². The highest BCUT2D eigenvalue weighted by Gasteiger charge is 2.43. The Labute approximate surface area is 858 Å². The number of aromatic nitrogens is 18. The number of hydrogen-bond donors (Lipinski definition) is 0. The molecule has 7 aliphatic rings. The van der Waals surface area contributed by atoms with Crippen LogP contribution in [0, 0.1) is 11.6 Å². The highest BCUT2D eigenvalue weighted by Crippen LogP contribution is 2.49. The Bertz CT molecular complexity index is 6230. The first-order valence-corrected chi connectivity index (χ1v) is 55.9. The fourth-order valence-electron chi connectivity index (χ4n) is 22.7. The van der Waals surface area contributed by atoms with Crippen LogP contribution in [-0.4, -0.2) is 94.3 Å². The average molecular weight is 1950 g/mol. The summed E-state index contributed by atoms with van der Waals surface area (Å²) < 4.78 is 43.3. The summed E-state index contributed by atoms with van der Waals surface area (Å²) in [6.07, 6.45) is 44.4. The molecule has 6 aromatic heterocycles. The molecule has 0 radical (unpaired) electrons. The van der Waals surface area contributed by atoms with Crippen molar-refractivity contribution in [2.45, 2.75) is 359 Å². The van der Waals surface area contributed by atoms with Crippen LogP contribution in [0.4, 0.5) is 8.78 Å².